The molecule has 1 N–H and O–H groups in total. The first-order chi connectivity index (χ1) is 18.1. The highest BCUT2D eigenvalue weighted by atomic mass is 16.1. The summed E-state index contributed by atoms with van der Waals surface area (Å²) in [7, 11) is 0. The summed E-state index contributed by atoms with van der Waals surface area (Å²) in [6, 6.07) is 22.6. The third kappa shape index (κ3) is 6.02. The van der Waals surface area contributed by atoms with Gasteiger partial charge < -0.3 is 10.2 Å². The van der Waals surface area contributed by atoms with Crippen molar-refractivity contribution in [3.8, 4) is 17.2 Å². The van der Waals surface area contributed by atoms with Gasteiger partial charge in [0.1, 0.15) is 5.82 Å². The van der Waals surface area contributed by atoms with Gasteiger partial charge in [0, 0.05) is 36.6 Å². The van der Waals surface area contributed by atoms with Gasteiger partial charge in [-0.25, -0.2) is 4.98 Å². The summed E-state index contributed by atoms with van der Waals surface area (Å²) >= 11 is 0. The number of Topliss-reactive ketones (excluding diaryl/α,β-unsaturated/α-hetero) is 1. The highest BCUT2D eigenvalue weighted by molar-refractivity contribution is 6.00. The number of hydrogen-bond acceptors (Lipinski definition) is 5. The monoisotopic (exact) mass is 492 g/mol. The molecular weight excluding hydrogens is 456 g/mol. The Balaban J connectivity index is 1.27. The molecule has 0 radical (unpaired) electrons. The predicted molar refractivity (Wildman–Crippen MR) is 150 cm³/mol. The summed E-state index contributed by atoms with van der Waals surface area (Å²) < 4.78 is 0. The summed E-state index contributed by atoms with van der Waals surface area (Å²) in [4.78, 5) is 19.3. The first-order valence-corrected chi connectivity index (χ1v) is 13.7. The molecule has 0 unspecified atom stereocenters. The fourth-order valence-corrected chi connectivity index (χ4v) is 6.26. The maximum absolute atomic E-state index is 12.2. The van der Waals surface area contributed by atoms with Crippen molar-refractivity contribution in [1.82, 2.24) is 4.98 Å². The molecule has 1 saturated carbocycles. The Morgan fingerprint density at radius 3 is 2.68 bits per heavy atom. The lowest BCUT2D eigenvalue weighted by Crippen LogP contribution is -2.39. The van der Waals surface area contributed by atoms with Gasteiger partial charge >= 0.3 is 0 Å². The van der Waals surface area contributed by atoms with Crippen molar-refractivity contribution in [2.24, 2.45) is 11.8 Å². The van der Waals surface area contributed by atoms with E-state index in [4.69, 9.17) is 5.26 Å². The second-order valence-electron chi connectivity index (χ2n) is 10.7. The van der Waals surface area contributed by atoms with Gasteiger partial charge in [-0.1, -0.05) is 37.1 Å². The van der Waals surface area contributed by atoms with Gasteiger partial charge in [-0.2, -0.15) is 5.26 Å². The van der Waals surface area contributed by atoms with Gasteiger partial charge in [-0.15, -0.1) is 0 Å². The van der Waals surface area contributed by atoms with Crippen LogP contribution in [0.3, 0.4) is 0 Å². The topological polar surface area (TPSA) is 69.0 Å². The minimum absolute atomic E-state index is 0.0804. The van der Waals surface area contributed by atoms with Crippen molar-refractivity contribution in [1.29, 1.82) is 5.26 Å². The molecule has 3 atom stereocenters. The number of benzene rings is 2. The molecule has 190 valence electrons. The van der Waals surface area contributed by atoms with Crippen LogP contribution in [-0.4, -0.2) is 29.9 Å². The van der Waals surface area contributed by atoms with Gasteiger partial charge in [0.25, 0.3) is 0 Å². The van der Waals surface area contributed by atoms with Crippen LogP contribution < -0.4 is 10.2 Å². The summed E-state index contributed by atoms with van der Waals surface area (Å²) in [5.74, 6) is 2.29. The predicted octanol–water partition coefficient (Wildman–Crippen LogP) is 7.10. The fraction of sp³-hybridized carbons (Fsp3) is 0.406. The SMILES string of the molecule is CC(=O)c1ccccc1-c1ccnc(N[C@@H]2CCCC[C@H]2C[C@H]2CCCN(c3ccc(C#N)cc3)C2)c1. The zero-order chi connectivity index (χ0) is 25.6. The third-order valence-electron chi connectivity index (χ3n) is 8.14. The number of nitrogens with zero attached hydrogens (tertiary/aromatic N) is 3. The third-order valence-corrected chi connectivity index (χ3v) is 8.14. The highest BCUT2D eigenvalue weighted by Crippen LogP contribution is 2.36. The van der Waals surface area contributed by atoms with Gasteiger partial charge in [0.2, 0.25) is 0 Å². The van der Waals surface area contributed by atoms with Gasteiger partial charge in [-0.05, 0) is 98.4 Å². The maximum atomic E-state index is 12.2. The number of carbonyl (C=O) groups is 1. The molecular formula is C32H36N4O. The van der Waals surface area contributed by atoms with Crippen LogP contribution in [0.15, 0.2) is 66.9 Å². The number of carbonyl (C=O) groups excluding carboxylic acids is 1. The largest absolute Gasteiger partial charge is 0.371 e. The molecule has 3 aromatic rings. The number of nitriles is 1. The van der Waals surface area contributed by atoms with E-state index >= 15 is 0 Å². The minimum atomic E-state index is 0.0804. The van der Waals surface area contributed by atoms with E-state index in [1.807, 2.05) is 48.7 Å². The Kier molecular flexibility index (Phi) is 7.84. The summed E-state index contributed by atoms with van der Waals surface area (Å²) in [6.07, 6.45) is 10.6. The lowest BCUT2D eigenvalue weighted by atomic mass is 9.77. The van der Waals surface area contributed by atoms with E-state index in [0.29, 0.717) is 17.9 Å². The second-order valence-corrected chi connectivity index (χ2v) is 10.7. The molecule has 5 rings (SSSR count). The van der Waals surface area contributed by atoms with Crippen LogP contribution in [0.2, 0.25) is 0 Å². The van der Waals surface area contributed by atoms with Crippen molar-refractivity contribution < 1.29 is 4.79 Å². The average molecular weight is 493 g/mol. The van der Waals surface area contributed by atoms with Crippen LogP contribution in [0.5, 0.6) is 0 Å². The minimum Gasteiger partial charge on any atom is -0.371 e. The number of aromatic nitrogens is 1. The number of pyridine rings is 1. The van der Waals surface area contributed by atoms with Crippen LogP contribution in [-0.2, 0) is 0 Å². The second kappa shape index (κ2) is 11.6. The van der Waals surface area contributed by atoms with Crippen molar-refractivity contribution in [3.63, 3.8) is 0 Å². The van der Waals surface area contributed by atoms with Crippen molar-refractivity contribution in [2.45, 2.75) is 57.9 Å². The number of nitrogens with one attached hydrogen (secondary N) is 1. The lowest BCUT2D eigenvalue weighted by Gasteiger charge is -2.39. The molecule has 2 fully saturated rings. The van der Waals surface area contributed by atoms with E-state index in [1.165, 1.54) is 50.6 Å². The average Bonchev–Trinajstić information content (AvgIpc) is 2.94. The molecule has 0 spiro atoms. The Morgan fingerprint density at radius 1 is 1.05 bits per heavy atom. The zero-order valence-electron chi connectivity index (χ0n) is 21.7. The van der Waals surface area contributed by atoms with E-state index in [1.54, 1.807) is 6.92 Å². The summed E-state index contributed by atoms with van der Waals surface area (Å²) in [5.41, 5.74) is 4.69. The molecule has 2 heterocycles. The first kappa shape index (κ1) is 25.0. The fourth-order valence-electron chi connectivity index (χ4n) is 6.26. The van der Waals surface area contributed by atoms with Crippen molar-refractivity contribution in [3.05, 3.63) is 78.0 Å². The number of ketones is 1. The molecule has 5 nitrogen and oxygen atoms in total. The lowest BCUT2D eigenvalue weighted by molar-refractivity contribution is 0.101. The highest BCUT2D eigenvalue weighted by Gasteiger charge is 2.30. The molecule has 0 amide bonds. The van der Waals surface area contributed by atoms with Crippen LogP contribution >= 0.6 is 0 Å². The normalized spacial score (nSPS) is 21.7. The Morgan fingerprint density at radius 2 is 1.86 bits per heavy atom. The van der Waals surface area contributed by atoms with Gasteiger partial charge in [-0.3, -0.25) is 4.79 Å². The van der Waals surface area contributed by atoms with Crippen molar-refractivity contribution in [2.75, 3.05) is 23.3 Å². The smallest absolute Gasteiger partial charge is 0.160 e. The molecule has 1 aromatic heterocycles. The molecule has 1 aliphatic carbocycles. The number of hydrogen-bond donors (Lipinski definition) is 1. The van der Waals surface area contributed by atoms with Gasteiger partial charge in [0.15, 0.2) is 5.78 Å². The number of anilines is 2. The molecule has 2 aromatic carbocycles. The van der Waals surface area contributed by atoms with Crippen LogP contribution in [0.25, 0.3) is 11.1 Å². The zero-order valence-corrected chi connectivity index (χ0v) is 21.7. The molecule has 1 aliphatic heterocycles. The van der Waals surface area contributed by atoms with E-state index in [9.17, 15) is 4.79 Å². The number of piperidine rings is 1. The Hall–Kier alpha value is -3.65. The van der Waals surface area contributed by atoms with E-state index in [2.05, 4.69) is 39.5 Å². The van der Waals surface area contributed by atoms with E-state index in [-0.39, 0.29) is 5.78 Å². The van der Waals surface area contributed by atoms with E-state index < -0.39 is 0 Å². The van der Waals surface area contributed by atoms with Crippen molar-refractivity contribution >= 4 is 17.3 Å². The Labute approximate surface area is 220 Å². The van der Waals surface area contributed by atoms with E-state index in [0.717, 1.165) is 41.2 Å². The van der Waals surface area contributed by atoms with Crippen LogP contribution in [0.4, 0.5) is 11.5 Å². The van der Waals surface area contributed by atoms with Crippen LogP contribution in [0, 0.1) is 23.2 Å². The standard InChI is InChI=1S/C32H36N4O/c1-23(37)29-9-3-4-10-30(29)26-16-17-34-32(20-26)35-31-11-5-2-8-27(31)19-25-7-6-18-36(22-25)28-14-12-24(21-33)13-15-28/h3-4,9-10,12-17,20,25,27,31H,2,5-8,11,18-19,22H2,1H3,(H,34,35)/t25-,27+,31-/m1/s1. The molecule has 37 heavy (non-hydrogen) atoms. The van der Waals surface area contributed by atoms with Crippen LogP contribution in [0.1, 0.15) is 67.8 Å². The first-order valence-electron chi connectivity index (χ1n) is 13.7. The molecule has 0 bridgehead atoms. The van der Waals surface area contributed by atoms with Gasteiger partial charge in [0.05, 0.1) is 11.6 Å². The maximum Gasteiger partial charge on any atom is 0.160 e. The number of rotatable bonds is 7. The molecule has 2 aliphatic rings. The summed E-state index contributed by atoms with van der Waals surface area (Å²) in [6.45, 7) is 3.80. The Bertz CT molecular complexity index is 1260. The summed E-state index contributed by atoms with van der Waals surface area (Å²) in [5, 5.41) is 12.9. The quantitative estimate of drug-likeness (QED) is 0.356. The molecule has 1 saturated heterocycles. The molecule has 5 heteroatoms.